The summed E-state index contributed by atoms with van der Waals surface area (Å²) in [5, 5.41) is 2.78. The summed E-state index contributed by atoms with van der Waals surface area (Å²) >= 11 is 0. The maximum atomic E-state index is 13.3. The molecule has 4 rings (SSSR count). The molecule has 1 N–H and O–H groups in total. The molecule has 3 aliphatic heterocycles. The van der Waals surface area contributed by atoms with Crippen LogP contribution < -0.4 is 15.3 Å². The zero-order chi connectivity index (χ0) is 22.8. The molecule has 2 saturated heterocycles. The number of carbonyl (C=O) groups excluding carboxylic acids is 2. The van der Waals surface area contributed by atoms with Crippen molar-refractivity contribution in [3.8, 4) is 5.75 Å². The van der Waals surface area contributed by atoms with E-state index in [1.54, 1.807) is 16.7 Å². The second-order valence-corrected chi connectivity index (χ2v) is 8.67. The molecule has 9 heteroatoms. The molecule has 32 heavy (non-hydrogen) atoms. The van der Waals surface area contributed by atoms with Crippen LogP contribution in [-0.4, -0.2) is 58.0 Å². The van der Waals surface area contributed by atoms with E-state index in [4.69, 9.17) is 4.52 Å². The third-order valence-corrected chi connectivity index (χ3v) is 6.68. The van der Waals surface area contributed by atoms with Crippen LogP contribution in [0.2, 0.25) is 0 Å². The van der Waals surface area contributed by atoms with E-state index in [9.17, 15) is 14.4 Å². The lowest BCUT2D eigenvalue weighted by molar-refractivity contribution is -0.0209. The zero-order valence-corrected chi connectivity index (χ0v) is 19.4. The van der Waals surface area contributed by atoms with E-state index in [0.29, 0.717) is 25.7 Å². The van der Waals surface area contributed by atoms with E-state index in [0.717, 1.165) is 31.4 Å². The Balaban J connectivity index is 1.64. The molecule has 0 radical (unpaired) electrons. The summed E-state index contributed by atoms with van der Waals surface area (Å²) in [5.41, 5.74) is 0.515. The highest BCUT2D eigenvalue weighted by molar-refractivity contribution is 7.10. The molecule has 3 atom stereocenters. The number of nitrogens with zero attached hydrogens (tertiary/aromatic N) is 3. The number of allylic oxidation sites excluding steroid dienone is 4. The van der Waals surface area contributed by atoms with Crippen molar-refractivity contribution in [1.82, 2.24) is 19.7 Å². The first-order valence-corrected chi connectivity index (χ1v) is 11.4. The monoisotopic (exact) mass is 456 g/mol. The molecule has 170 valence electrons. The number of carbonyl (C=O) groups is 2. The van der Waals surface area contributed by atoms with E-state index in [1.165, 1.54) is 6.20 Å². The number of amides is 2. The van der Waals surface area contributed by atoms with Crippen molar-refractivity contribution in [1.29, 1.82) is 0 Å². The Morgan fingerprint density at radius 3 is 2.88 bits per heavy atom. The minimum atomic E-state index is -0.584. The summed E-state index contributed by atoms with van der Waals surface area (Å²) in [6.45, 7) is 7.93. The Labute approximate surface area is 189 Å². The van der Waals surface area contributed by atoms with E-state index < -0.39 is 11.3 Å². The van der Waals surface area contributed by atoms with Gasteiger partial charge in [-0.2, -0.15) is 0 Å². The van der Waals surface area contributed by atoms with Gasteiger partial charge in [-0.3, -0.25) is 19.3 Å². The lowest BCUT2D eigenvalue weighted by atomic mass is 10.0. The summed E-state index contributed by atoms with van der Waals surface area (Å²) in [4.78, 5) is 43.4. The van der Waals surface area contributed by atoms with Crippen molar-refractivity contribution < 1.29 is 14.1 Å². The lowest BCUT2D eigenvalue weighted by Crippen LogP contribution is -2.62. The van der Waals surface area contributed by atoms with E-state index in [1.807, 2.05) is 33.4 Å². The van der Waals surface area contributed by atoms with Crippen LogP contribution in [0, 0.1) is 0 Å². The number of pyridine rings is 1. The summed E-state index contributed by atoms with van der Waals surface area (Å²) in [7, 11) is 2.04. The van der Waals surface area contributed by atoms with Crippen LogP contribution in [-0.2, 0) is 6.54 Å². The molecule has 0 saturated carbocycles. The van der Waals surface area contributed by atoms with Gasteiger partial charge < -0.3 is 19.3 Å². The fraction of sp³-hybridized carbons (Fsp3) is 0.435. The van der Waals surface area contributed by atoms with Crippen LogP contribution in [0.4, 0.5) is 0 Å². The SMILES string of the molecule is C=C/C=C\C=C(/C)CNC(=O)c1cn2c(c(OP)c1=O)C(=O)N1CC[C@@H]3CCCN3[C@@H]1C2. The average Bonchev–Trinajstić information content (AvgIpc) is 3.27. The molecular weight excluding hydrogens is 427 g/mol. The number of hydrogen-bond acceptors (Lipinski definition) is 5. The zero-order valence-electron chi connectivity index (χ0n) is 18.3. The van der Waals surface area contributed by atoms with E-state index in [2.05, 4.69) is 16.8 Å². The van der Waals surface area contributed by atoms with Crippen LogP contribution in [0.1, 0.15) is 47.0 Å². The molecule has 0 bridgehead atoms. The largest absolute Gasteiger partial charge is 0.474 e. The summed E-state index contributed by atoms with van der Waals surface area (Å²) in [5.74, 6) is -0.816. The minimum Gasteiger partial charge on any atom is -0.474 e. The number of rotatable bonds is 6. The number of fused-ring (bicyclic) bond motifs is 4. The number of hydrogen-bond donors (Lipinski definition) is 1. The normalized spacial score (nSPS) is 23.0. The highest BCUT2D eigenvalue weighted by Crippen LogP contribution is 2.34. The summed E-state index contributed by atoms with van der Waals surface area (Å²) < 4.78 is 6.99. The predicted molar refractivity (Wildman–Crippen MR) is 126 cm³/mol. The van der Waals surface area contributed by atoms with Crippen LogP contribution in [0.5, 0.6) is 5.75 Å². The topological polar surface area (TPSA) is 83.9 Å². The first-order valence-electron chi connectivity index (χ1n) is 10.9. The molecule has 2 amide bonds. The fourth-order valence-electron chi connectivity index (χ4n) is 4.88. The molecule has 0 aromatic carbocycles. The van der Waals surface area contributed by atoms with Gasteiger partial charge in [0.2, 0.25) is 5.43 Å². The Hall–Kier alpha value is -2.70. The van der Waals surface area contributed by atoms with Gasteiger partial charge in [0.15, 0.2) is 11.4 Å². The Kier molecular flexibility index (Phi) is 6.63. The second kappa shape index (κ2) is 9.43. The van der Waals surface area contributed by atoms with Gasteiger partial charge in [-0.25, -0.2) is 0 Å². The molecule has 0 spiro atoms. The Bertz CT molecular complexity index is 1060. The van der Waals surface area contributed by atoms with Gasteiger partial charge in [0, 0.05) is 31.9 Å². The molecule has 4 heterocycles. The Morgan fingerprint density at radius 1 is 1.31 bits per heavy atom. The van der Waals surface area contributed by atoms with Crippen molar-refractivity contribution in [2.45, 2.75) is 44.9 Å². The van der Waals surface area contributed by atoms with Crippen LogP contribution in [0.3, 0.4) is 0 Å². The maximum absolute atomic E-state index is 13.3. The first-order chi connectivity index (χ1) is 15.5. The van der Waals surface area contributed by atoms with Gasteiger partial charge in [0.25, 0.3) is 11.8 Å². The molecule has 3 aliphatic rings. The number of nitrogens with one attached hydrogen (secondary N) is 1. The molecule has 2 fully saturated rings. The smallest absolute Gasteiger partial charge is 0.275 e. The van der Waals surface area contributed by atoms with Gasteiger partial charge in [-0.1, -0.05) is 36.5 Å². The third kappa shape index (κ3) is 4.05. The van der Waals surface area contributed by atoms with Crippen molar-refractivity contribution in [3.63, 3.8) is 0 Å². The van der Waals surface area contributed by atoms with Gasteiger partial charge in [-0.05, 0) is 26.2 Å². The lowest BCUT2D eigenvalue weighted by Gasteiger charge is -2.48. The van der Waals surface area contributed by atoms with Crippen LogP contribution in [0.25, 0.3) is 0 Å². The molecule has 0 aliphatic carbocycles. The van der Waals surface area contributed by atoms with Gasteiger partial charge in [0.05, 0.1) is 16.0 Å². The quantitative estimate of drug-likeness (QED) is 0.524. The van der Waals surface area contributed by atoms with Gasteiger partial charge in [-0.15, -0.1) is 0 Å². The van der Waals surface area contributed by atoms with Gasteiger partial charge >= 0.3 is 0 Å². The maximum Gasteiger partial charge on any atom is 0.275 e. The predicted octanol–water partition coefficient (Wildman–Crippen LogP) is 2.09. The van der Waals surface area contributed by atoms with Crippen molar-refractivity contribution in [3.05, 3.63) is 64.1 Å². The van der Waals surface area contributed by atoms with E-state index >= 15 is 0 Å². The van der Waals surface area contributed by atoms with Crippen molar-refractivity contribution in [2.24, 2.45) is 0 Å². The minimum absolute atomic E-state index is 0.0318. The highest BCUT2D eigenvalue weighted by atomic mass is 31.0. The molecule has 1 aromatic heterocycles. The van der Waals surface area contributed by atoms with Crippen molar-refractivity contribution >= 4 is 21.3 Å². The second-order valence-electron chi connectivity index (χ2n) is 8.44. The fourth-order valence-corrected chi connectivity index (χ4v) is 5.09. The first kappa shape index (κ1) is 22.5. The third-order valence-electron chi connectivity index (χ3n) is 6.45. The average molecular weight is 456 g/mol. The molecular formula is C23H29N4O4P. The highest BCUT2D eigenvalue weighted by Gasteiger charge is 2.45. The summed E-state index contributed by atoms with van der Waals surface area (Å²) in [6, 6.07) is 0.495. The standard InChI is InChI=1S/C23H29N4O4P/c1-3-4-5-7-15(2)12-24-22(29)17-13-25-14-18-26-10-6-8-16(26)9-11-27(18)23(30)19(25)21(31-32)20(17)28/h3-5,7,13,16,18H,1,6,8-12,14,32H2,2H3,(H,24,29)/b5-4-,15-7+/t16-,18-/m0/s1. The van der Waals surface area contributed by atoms with Crippen LogP contribution >= 0.6 is 9.47 Å². The summed E-state index contributed by atoms with van der Waals surface area (Å²) in [6.07, 6.45) is 11.8. The van der Waals surface area contributed by atoms with Crippen molar-refractivity contribution in [2.75, 3.05) is 19.6 Å². The van der Waals surface area contributed by atoms with Crippen LogP contribution in [0.15, 0.2) is 47.4 Å². The molecule has 1 unspecified atom stereocenters. The Morgan fingerprint density at radius 2 is 2.12 bits per heavy atom. The molecule has 1 aromatic rings. The van der Waals surface area contributed by atoms with E-state index in [-0.39, 0.29) is 29.1 Å². The number of aromatic nitrogens is 1. The van der Waals surface area contributed by atoms with Gasteiger partial charge in [0.1, 0.15) is 11.7 Å². The molecule has 8 nitrogen and oxygen atoms in total.